The fraction of sp³-hybridized carbons (Fsp3) is 0.348. The lowest BCUT2D eigenvalue weighted by Crippen LogP contribution is -2.54. The van der Waals surface area contributed by atoms with Crippen LogP contribution >= 0.6 is 0 Å². The second-order valence-corrected chi connectivity index (χ2v) is 8.29. The number of anilines is 1. The van der Waals surface area contributed by atoms with Crippen molar-refractivity contribution in [2.24, 2.45) is 11.8 Å². The number of para-hydroxylation sites is 1. The SMILES string of the molecule is C[C@H](O)[C@@H]1N[C@]2(C(=O)Nc3ccccc32)[C@@H]2C(=O)N(CCc3ccccc3)C(=O)[C@H]12. The maximum Gasteiger partial charge on any atom is 0.250 e. The highest BCUT2D eigenvalue weighted by Crippen LogP contribution is 2.53. The van der Waals surface area contributed by atoms with Crippen LogP contribution in [0.2, 0.25) is 0 Å². The first-order valence-corrected chi connectivity index (χ1v) is 10.2. The van der Waals surface area contributed by atoms with Crippen LogP contribution in [0.5, 0.6) is 0 Å². The fourth-order valence-electron chi connectivity index (χ4n) is 5.27. The van der Waals surface area contributed by atoms with E-state index in [0.29, 0.717) is 17.7 Å². The molecule has 0 bridgehead atoms. The standard InChI is InChI=1S/C23H23N3O4/c1-13(27)19-17-18(23(25-19)15-9-5-6-10-16(15)24-22(23)30)21(29)26(20(17)28)12-11-14-7-3-2-4-8-14/h2-10,13,17-19,25,27H,11-12H2,1H3,(H,24,30)/t13-,17-,18-,19-,23-/m0/s1. The molecule has 5 atom stereocenters. The maximum absolute atomic E-state index is 13.5. The van der Waals surface area contributed by atoms with E-state index < -0.39 is 29.5 Å². The van der Waals surface area contributed by atoms with Crippen LogP contribution in [0.15, 0.2) is 54.6 Å². The zero-order valence-corrected chi connectivity index (χ0v) is 16.5. The van der Waals surface area contributed by atoms with Crippen molar-refractivity contribution in [2.45, 2.75) is 31.0 Å². The molecule has 30 heavy (non-hydrogen) atoms. The van der Waals surface area contributed by atoms with E-state index in [1.165, 1.54) is 4.90 Å². The summed E-state index contributed by atoms with van der Waals surface area (Å²) in [5.74, 6) is -2.71. The van der Waals surface area contributed by atoms with E-state index in [4.69, 9.17) is 0 Å². The Bertz CT molecular complexity index is 1040. The lowest BCUT2D eigenvalue weighted by molar-refractivity contribution is -0.143. The second kappa shape index (κ2) is 6.75. The molecule has 0 radical (unpaired) electrons. The number of carbonyl (C=O) groups excluding carboxylic acids is 3. The van der Waals surface area contributed by atoms with E-state index in [2.05, 4.69) is 10.6 Å². The second-order valence-electron chi connectivity index (χ2n) is 8.29. The monoisotopic (exact) mass is 405 g/mol. The number of imide groups is 1. The lowest BCUT2D eigenvalue weighted by Gasteiger charge is -2.30. The Morgan fingerprint density at radius 2 is 1.73 bits per heavy atom. The van der Waals surface area contributed by atoms with Crippen LogP contribution in [0.4, 0.5) is 5.69 Å². The minimum Gasteiger partial charge on any atom is -0.392 e. The van der Waals surface area contributed by atoms with Crippen molar-refractivity contribution in [1.82, 2.24) is 10.2 Å². The summed E-state index contributed by atoms with van der Waals surface area (Å²) < 4.78 is 0. The summed E-state index contributed by atoms with van der Waals surface area (Å²) in [5, 5.41) is 16.4. The smallest absolute Gasteiger partial charge is 0.250 e. The van der Waals surface area contributed by atoms with Crippen molar-refractivity contribution in [3.05, 3.63) is 65.7 Å². The van der Waals surface area contributed by atoms with E-state index >= 15 is 0 Å². The lowest BCUT2D eigenvalue weighted by atomic mass is 9.76. The highest BCUT2D eigenvalue weighted by molar-refractivity contribution is 6.15. The highest BCUT2D eigenvalue weighted by atomic mass is 16.3. The fourth-order valence-corrected chi connectivity index (χ4v) is 5.27. The van der Waals surface area contributed by atoms with Gasteiger partial charge in [0.2, 0.25) is 17.7 Å². The Morgan fingerprint density at radius 1 is 1.03 bits per heavy atom. The van der Waals surface area contributed by atoms with Crippen LogP contribution < -0.4 is 10.6 Å². The van der Waals surface area contributed by atoms with Crippen molar-refractivity contribution >= 4 is 23.4 Å². The van der Waals surface area contributed by atoms with Crippen LogP contribution in [-0.4, -0.2) is 46.4 Å². The molecule has 3 aliphatic rings. The number of nitrogens with zero attached hydrogens (tertiary/aromatic N) is 1. The molecular formula is C23H23N3O4. The molecule has 3 heterocycles. The molecule has 0 aromatic heterocycles. The minimum atomic E-state index is -1.35. The van der Waals surface area contributed by atoms with Gasteiger partial charge in [-0.2, -0.15) is 0 Å². The van der Waals surface area contributed by atoms with E-state index in [0.717, 1.165) is 5.56 Å². The van der Waals surface area contributed by atoms with Crippen LogP contribution in [0, 0.1) is 11.8 Å². The Kier molecular flexibility index (Phi) is 4.27. The average molecular weight is 405 g/mol. The van der Waals surface area contributed by atoms with E-state index in [1.54, 1.807) is 19.1 Å². The number of nitrogens with one attached hydrogen (secondary N) is 2. The predicted octanol–water partition coefficient (Wildman–Crippen LogP) is 1.03. The minimum absolute atomic E-state index is 0.251. The van der Waals surface area contributed by atoms with Gasteiger partial charge < -0.3 is 10.4 Å². The maximum atomic E-state index is 13.5. The highest BCUT2D eigenvalue weighted by Gasteiger charge is 2.70. The number of hydrogen-bond acceptors (Lipinski definition) is 5. The van der Waals surface area contributed by atoms with Gasteiger partial charge in [-0.1, -0.05) is 48.5 Å². The Balaban J connectivity index is 1.54. The number of hydrogen-bond donors (Lipinski definition) is 3. The third-order valence-corrected chi connectivity index (χ3v) is 6.64. The van der Waals surface area contributed by atoms with Gasteiger partial charge in [0.25, 0.3) is 0 Å². The predicted molar refractivity (Wildman–Crippen MR) is 109 cm³/mol. The molecule has 7 heteroatoms. The quantitative estimate of drug-likeness (QED) is 0.660. The summed E-state index contributed by atoms with van der Waals surface area (Å²) in [7, 11) is 0. The zero-order valence-electron chi connectivity index (χ0n) is 16.5. The number of benzene rings is 2. The van der Waals surface area contributed by atoms with Gasteiger partial charge in [-0.05, 0) is 25.0 Å². The van der Waals surface area contributed by atoms with Crippen molar-refractivity contribution < 1.29 is 19.5 Å². The summed E-state index contributed by atoms with van der Waals surface area (Å²) in [4.78, 5) is 41.3. The summed E-state index contributed by atoms with van der Waals surface area (Å²) >= 11 is 0. The van der Waals surface area contributed by atoms with Crippen molar-refractivity contribution in [2.75, 3.05) is 11.9 Å². The first kappa shape index (κ1) is 19.0. The summed E-state index contributed by atoms with van der Waals surface area (Å²) in [6.45, 7) is 1.83. The van der Waals surface area contributed by atoms with Gasteiger partial charge in [0, 0.05) is 23.8 Å². The van der Waals surface area contributed by atoms with Gasteiger partial charge in [-0.25, -0.2) is 0 Å². The summed E-state index contributed by atoms with van der Waals surface area (Å²) in [6.07, 6.45) is -0.358. The molecule has 1 spiro atoms. The third-order valence-electron chi connectivity index (χ3n) is 6.64. The topological polar surface area (TPSA) is 98.7 Å². The van der Waals surface area contributed by atoms with Gasteiger partial charge in [0.05, 0.1) is 17.9 Å². The summed E-state index contributed by atoms with van der Waals surface area (Å²) in [6, 6.07) is 16.2. The van der Waals surface area contributed by atoms with E-state index in [-0.39, 0.29) is 24.3 Å². The molecule has 2 aromatic rings. The number of amides is 3. The summed E-state index contributed by atoms with van der Waals surface area (Å²) in [5.41, 5.74) is 0.957. The molecule has 3 N–H and O–H groups in total. The molecule has 3 aliphatic heterocycles. The molecule has 0 unspecified atom stereocenters. The van der Waals surface area contributed by atoms with E-state index in [9.17, 15) is 19.5 Å². The normalized spacial score (nSPS) is 30.5. The number of fused-ring (bicyclic) bond motifs is 4. The largest absolute Gasteiger partial charge is 0.392 e. The van der Waals surface area contributed by atoms with Crippen LogP contribution in [0.25, 0.3) is 0 Å². The van der Waals surface area contributed by atoms with Crippen LogP contribution in [-0.2, 0) is 26.3 Å². The van der Waals surface area contributed by atoms with Crippen molar-refractivity contribution in [3.8, 4) is 0 Å². The first-order valence-electron chi connectivity index (χ1n) is 10.2. The van der Waals surface area contributed by atoms with Crippen LogP contribution in [0.1, 0.15) is 18.1 Å². The zero-order chi connectivity index (χ0) is 21.0. The average Bonchev–Trinajstić information content (AvgIpc) is 3.33. The molecule has 5 rings (SSSR count). The molecule has 0 aliphatic carbocycles. The Labute approximate surface area is 174 Å². The number of likely N-dealkylation sites (tertiary alicyclic amines) is 1. The number of carbonyl (C=O) groups is 3. The molecule has 0 saturated carbocycles. The molecule has 2 saturated heterocycles. The molecule has 2 aromatic carbocycles. The van der Waals surface area contributed by atoms with Gasteiger partial charge >= 0.3 is 0 Å². The molecule has 2 fully saturated rings. The number of aliphatic hydroxyl groups is 1. The van der Waals surface area contributed by atoms with Gasteiger partial charge in [-0.3, -0.25) is 24.6 Å². The van der Waals surface area contributed by atoms with Crippen LogP contribution in [0.3, 0.4) is 0 Å². The van der Waals surface area contributed by atoms with Crippen molar-refractivity contribution in [3.63, 3.8) is 0 Å². The van der Waals surface area contributed by atoms with Gasteiger partial charge in [0.1, 0.15) is 5.54 Å². The first-order chi connectivity index (χ1) is 14.4. The third kappa shape index (κ3) is 2.49. The molecule has 7 nitrogen and oxygen atoms in total. The number of aliphatic hydroxyl groups excluding tert-OH is 1. The van der Waals surface area contributed by atoms with E-state index in [1.807, 2.05) is 42.5 Å². The Morgan fingerprint density at radius 3 is 2.47 bits per heavy atom. The molecule has 154 valence electrons. The van der Waals surface area contributed by atoms with Gasteiger partial charge in [-0.15, -0.1) is 0 Å². The molecular weight excluding hydrogens is 382 g/mol. The Hall–Kier alpha value is -3.03. The van der Waals surface area contributed by atoms with Crippen molar-refractivity contribution in [1.29, 1.82) is 0 Å². The number of rotatable bonds is 4. The van der Waals surface area contributed by atoms with Gasteiger partial charge in [0.15, 0.2) is 0 Å². The molecule has 3 amide bonds.